The van der Waals surface area contributed by atoms with Crippen LogP contribution in [-0.4, -0.2) is 27.1 Å². The molecular weight excluding hydrogens is 304 g/mol. The van der Waals surface area contributed by atoms with Gasteiger partial charge in [-0.3, -0.25) is 19.8 Å². The van der Waals surface area contributed by atoms with Crippen molar-refractivity contribution in [2.24, 2.45) is 0 Å². The lowest BCUT2D eigenvalue weighted by Gasteiger charge is -2.11. The Labute approximate surface area is 139 Å². The van der Waals surface area contributed by atoms with Gasteiger partial charge >= 0.3 is 0 Å². The molecule has 1 aliphatic heterocycles. The summed E-state index contributed by atoms with van der Waals surface area (Å²) in [4.78, 5) is 24.9. The summed E-state index contributed by atoms with van der Waals surface area (Å²) in [6.07, 6.45) is 4.06. The summed E-state index contributed by atoms with van der Waals surface area (Å²) in [7, 11) is 0. The summed E-state index contributed by atoms with van der Waals surface area (Å²) < 4.78 is 0. The number of hydrogen-bond donors (Lipinski definition) is 1. The molecule has 0 spiro atoms. The van der Waals surface area contributed by atoms with Gasteiger partial charge in [0.2, 0.25) is 0 Å². The molecule has 5 nitrogen and oxygen atoms in total. The lowest BCUT2D eigenvalue weighted by atomic mass is 9.96. The zero-order chi connectivity index (χ0) is 16.9. The highest BCUT2D eigenvalue weighted by Gasteiger charge is 2.26. The zero-order valence-corrected chi connectivity index (χ0v) is 13.0. The van der Waals surface area contributed by atoms with Crippen molar-refractivity contribution in [1.82, 2.24) is 10.0 Å². The number of amides is 2. The second-order valence-electron chi connectivity index (χ2n) is 5.46. The lowest BCUT2D eigenvalue weighted by molar-refractivity contribution is -0.171. The van der Waals surface area contributed by atoms with Crippen molar-refractivity contribution in [2.75, 3.05) is 0 Å². The number of imide groups is 1. The molecule has 5 heteroatoms. The molecule has 1 aromatic heterocycles. The number of carbonyl (C=O) groups is 2. The third kappa shape index (κ3) is 3.34. The molecular formula is C19H16N2O3. The molecule has 0 saturated carbocycles. The summed E-state index contributed by atoms with van der Waals surface area (Å²) in [6, 6.07) is 12.4. The summed E-state index contributed by atoms with van der Waals surface area (Å²) in [5.74, 6) is 5.38. The molecule has 4 rings (SSSR count). The Morgan fingerprint density at radius 3 is 2.46 bits per heavy atom. The van der Waals surface area contributed by atoms with E-state index in [0.717, 1.165) is 24.1 Å². The second-order valence-corrected chi connectivity index (χ2v) is 5.46. The van der Waals surface area contributed by atoms with E-state index in [1.807, 2.05) is 18.3 Å². The maximum Gasteiger partial charge on any atom is 0.253 e. The molecule has 2 aliphatic rings. The molecule has 1 saturated heterocycles. The van der Waals surface area contributed by atoms with Crippen LogP contribution >= 0.6 is 0 Å². The van der Waals surface area contributed by atoms with Gasteiger partial charge in [-0.05, 0) is 24.1 Å². The standard InChI is InChI=1S/C15H11N.C4H5NO3/c1-2-8-13-9-5-11-16-15(13)14-10-4-3-7-12(14)6-1;6-3-1-2-4(7)5(3)8/h3-5,7,9-11H,1,6H2;8H,1-2H2. The minimum absolute atomic E-state index is 0.148. The Kier molecular flexibility index (Phi) is 4.69. The van der Waals surface area contributed by atoms with E-state index in [4.69, 9.17) is 5.21 Å². The highest BCUT2D eigenvalue weighted by molar-refractivity contribution is 6.00. The van der Waals surface area contributed by atoms with Gasteiger partial charge in [-0.2, -0.15) is 5.06 Å². The number of rotatable bonds is 0. The maximum absolute atomic E-state index is 10.2. The minimum atomic E-state index is -0.505. The molecule has 1 N–H and O–H groups in total. The zero-order valence-electron chi connectivity index (χ0n) is 13.0. The van der Waals surface area contributed by atoms with Crippen molar-refractivity contribution in [3.8, 4) is 23.1 Å². The van der Waals surface area contributed by atoms with Gasteiger partial charge < -0.3 is 0 Å². The fourth-order valence-electron chi connectivity index (χ4n) is 2.61. The lowest BCUT2D eigenvalue weighted by Crippen LogP contribution is -2.24. The molecule has 2 aromatic rings. The van der Waals surface area contributed by atoms with Gasteiger partial charge in [0.05, 0.1) is 11.3 Å². The maximum atomic E-state index is 10.2. The van der Waals surface area contributed by atoms with Crippen LogP contribution in [0.2, 0.25) is 0 Å². The van der Waals surface area contributed by atoms with Gasteiger partial charge in [0.15, 0.2) is 0 Å². The van der Waals surface area contributed by atoms with Crippen LogP contribution in [0, 0.1) is 11.8 Å². The number of hydrogen-bond acceptors (Lipinski definition) is 4. The van der Waals surface area contributed by atoms with Crippen LogP contribution in [0.5, 0.6) is 0 Å². The highest BCUT2D eigenvalue weighted by atomic mass is 16.5. The average Bonchev–Trinajstić information content (AvgIpc) is 2.89. The van der Waals surface area contributed by atoms with Crippen LogP contribution in [0.4, 0.5) is 0 Å². The van der Waals surface area contributed by atoms with Crippen LogP contribution in [0.1, 0.15) is 30.4 Å². The largest absolute Gasteiger partial charge is 0.279 e. The van der Waals surface area contributed by atoms with E-state index >= 15 is 0 Å². The van der Waals surface area contributed by atoms with Gasteiger partial charge in [-0.1, -0.05) is 36.1 Å². The molecule has 0 bridgehead atoms. The van der Waals surface area contributed by atoms with Crippen LogP contribution in [-0.2, 0) is 16.0 Å². The predicted molar refractivity (Wildman–Crippen MR) is 87.7 cm³/mol. The van der Waals surface area contributed by atoms with Gasteiger partial charge in [0.25, 0.3) is 11.8 Å². The quantitative estimate of drug-likeness (QED) is 0.460. The van der Waals surface area contributed by atoms with Crippen molar-refractivity contribution < 1.29 is 14.8 Å². The number of aryl methyl sites for hydroxylation is 1. The van der Waals surface area contributed by atoms with Crippen molar-refractivity contribution in [1.29, 1.82) is 0 Å². The molecule has 2 heterocycles. The number of pyridine rings is 1. The van der Waals surface area contributed by atoms with E-state index < -0.39 is 11.8 Å². The fraction of sp³-hybridized carbons (Fsp3) is 0.211. The summed E-state index contributed by atoms with van der Waals surface area (Å²) in [5, 5.41) is 8.57. The molecule has 0 atom stereocenters. The summed E-state index contributed by atoms with van der Waals surface area (Å²) in [5.41, 5.74) is 4.63. The smallest absolute Gasteiger partial charge is 0.253 e. The fourth-order valence-corrected chi connectivity index (χ4v) is 2.61. The molecule has 0 unspecified atom stereocenters. The average molecular weight is 320 g/mol. The molecule has 2 amide bonds. The number of benzene rings is 1. The first-order chi connectivity index (χ1) is 11.7. The van der Waals surface area contributed by atoms with E-state index in [-0.39, 0.29) is 17.9 Å². The van der Waals surface area contributed by atoms with E-state index in [1.165, 1.54) is 11.1 Å². The Balaban J connectivity index is 0.000000179. The Morgan fingerprint density at radius 1 is 1.00 bits per heavy atom. The van der Waals surface area contributed by atoms with Crippen LogP contribution < -0.4 is 0 Å². The van der Waals surface area contributed by atoms with Gasteiger partial charge in [0, 0.05) is 31.0 Å². The molecule has 1 aliphatic carbocycles. The Hall–Kier alpha value is -2.97. The molecule has 1 aromatic carbocycles. The predicted octanol–water partition coefficient (Wildman–Crippen LogP) is 2.57. The van der Waals surface area contributed by atoms with Gasteiger partial charge in [-0.25, -0.2) is 0 Å². The van der Waals surface area contributed by atoms with Crippen LogP contribution in [0.25, 0.3) is 11.3 Å². The van der Waals surface area contributed by atoms with E-state index in [1.54, 1.807) is 0 Å². The molecule has 24 heavy (non-hydrogen) atoms. The monoisotopic (exact) mass is 320 g/mol. The van der Waals surface area contributed by atoms with E-state index in [0.29, 0.717) is 0 Å². The molecule has 0 radical (unpaired) electrons. The normalized spacial score (nSPS) is 15.1. The van der Waals surface area contributed by atoms with Gasteiger partial charge in [-0.15, -0.1) is 0 Å². The third-order valence-corrected chi connectivity index (χ3v) is 3.85. The Morgan fingerprint density at radius 2 is 1.75 bits per heavy atom. The summed E-state index contributed by atoms with van der Waals surface area (Å²) >= 11 is 0. The van der Waals surface area contributed by atoms with Crippen LogP contribution in [0.3, 0.4) is 0 Å². The first kappa shape index (κ1) is 15.9. The number of nitrogens with zero attached hydrogens (tertiary/aromatic N) is 2. The topological polar surface area (TPSA) is 70.5 Å². The second kappa shape index (κ2) is 7.07. The first-order valence-electron chi connectivity index (χ1n) is 7.73. The van der Waals surface area contributed by atoms with Crippen molar-refractivity contribution in [3.63, 3.8) is 0 Å². The highest BCUT2D eigenvalue weighted by Crippen LogP contribution is 2.26. The van der Waals surface area contributed by atoms with E-state index in [9.17, 15) is 9.59 Å². The van der Waals surface area contributed by atoms with Crippen LogP contribution in [0.15, 0.2) is 42.6 Å². The number of carbonyl (C=O) groups excluding carboxylic acids is 2. The van der Waals surface area contributed by atoms with Crippen molar-refractivity contribution in [3.05, 3.63) is 53.7 Å². The number of hydroxylamine groups is 2. The third-order valence-electron chi connectivity index (χ3n) is 3.85. The molecule has 1 fully saturated rings. The van der Waals surface area contributed by atoms with E-state index in [2.05, 4.69) is 41.1 Å². The minimum Gasteiger partial charge on any atom is -0.279 e. The number of fused-ring (bicyclic) bond motifs is 3. The van der Waals surface area contributed by atoms with Crippen molar-refractivity contribution in [2.45, 2.75) is 25.7 Å². The Bertz CT molecular complexity index is 833. The molecule has 120 valence electrons. The number of aromatic nitrogens is 1. The van der Waals surface area contributed by atoms with Crippen molar-refractivity contribution >= 4 is 11.8 Å². The van der Waals surface area contributed by atoms with Gasteiger partial charge in [0.1, 0.15) is 0 Å². The summed E-state index contributed by atoms with van der Waals surface area (Å²) in [6.45, 7) is 0. The SMILES string of the molecule is C1#Cc2cccnc2-c2ccccc2CC1.O=C1CCC(=O)N1O. The first-order valence-corrected chi connectivity index (χ1v) is 7.73.